The van der Waals surface area contributed by atoms with E-state index in [2.05, 4.69) is 15.0 Å². The van der Waals surface area contributed by atoms with Crippen LogP contribution in [-0.2, 0) is 17.2 Å². The Hall–Kier alpha value is -1.40. The molecule has 0 radical (unpaired) electrons. The smallest absolute Gasteiger partial charge is 0.245 e. The summed E-state index contributed by atoms with van der Waals surface area (Å²) in [5.74, 6) is 1.62. The molecule has 3 heterocycles. The topological polar surface area (TPSA) is 62.1 Å². The number of ether oxygens (including phenoxy) is 2. The van der Waals surface area contributed by atoms with Crippen molar-refractivity contribution in [3.63, 3.8) is 0 Å². The van der Waals surface area contributed by atoms with Gasteiger partial charge >= 0.3 is 0 Å². The van der Waals surface area contributed by atoms with Crippen molar-refractivity contribution in [3.05, 3.63) is 12.2 Å². The van der Waals surface area contributed by atoms with Crippen LogP contribution in [0.25, 0.3) is 11.2 Å². The van der Waals surface area contributed by atoms with Crippen molar-refractivity contribution < 1.29 is 9.47 Å². The van der Waals surface area contributed by atoms with Gasteiger partial charge in [-0.05, 0) is 25.7 Å². The summed E-state index contributed by atoms with van der Waals surface area (Å²) in [4.78, 5) is 12.9. The lowest BCUT2D eigenvalue weighted by atomic mass is 10.1. The molecule has 1 aliphatic rings. The van der Waals surface area contributed by atoms with E-state index in [1.807, 2.05) is 4.57 Å². The highest BCUT2D eigenvalue weighted by atomic mass is 35.5. The minimum atomic E-state index is 0.322. The molecule has 0 aliphatic carbocycles. The fourth-order valence-corrected chi connectivity index (χ4v) is 2.96. The average Bonchev–Trinajstić information content (AvgIpc) is 2.91. The van der Waals surface area contributed by atoms with Crippen LogP contribution in [0.3, 0.4) is 0 Å². The SMILES string of the molecule is COc1ncnc2c1nc(CCl)n2CCC1CCCCO1. The number of methoxy groups -OCH3 is 1. The molecule has 21 heavy (non-hydrogen) atoms. The first-order valence-corrected chi connectivity index (χ1v) is 7.78. The number of aryl methyl sites for hydroxylation is 1. The lowest BCUT2D eigenvalue weighted by Crippen LogP contribution is -2.21. The Bertz CT molecular complexity index is 610. The summed E-state index contributed by atoms with van der Waals surface area (Å²) in [5, 5.41) is 0. The first-order chi connectivity index (χ1) is 10.3. The Morgan fingerprint density at radius 3 is 3.05 bits per heavy atom. The van der Waals surface area contributed by atoms with Gasteiger partial charge in [-0.25, -0.2) is 9.97 Å². The average molecular weight is 311 g/mol. The van der Waals surface area contributed by atoms with Gasteiger partial charge in [-0.3, -0.25) is 0 Å². The maximum atomic E-state index is 6.02. The number of aromatic nitrogens is 4. The number of alkyl halides is 1. The second kappa shape index (κ2) is 6.58. The van der Waals surface area contributed by atoms with Gasteiger partial charge in [-0.1, -0.05) is 0 Å². The molecule has 1 aliphatic heterocycles. The van der Waals surface area contributed by atoms with Gasteiger partial charge in [-0.15, -0.1) is 11.6 Å². The number of rotatable bonds is 5. The molecule has 2 aromatic rings. The number of hydrogen-bond acceptors (Lipinski definition) is 5. The van der Waals surface area contributed by atoms with Gasteiger partial charge in [0.1, 0.15) is 12.2 Å². The number of nitrogens with zero attached hydrogens (tertiary/aromatic N) is 4. The summed E-state index contributed by atoms with van der Waals surface area (Å²) < 4.78 is 13.1. The first kappa shape index (κ1) is 14.5. The van der Waals surface area contributed by atoms with Gasteiger partial charge in [-0.2, -0.15) is 4.98 Å². The molecule has 1 atom stereocenters. The molecule has 0 spiro atoms. The molecular weight excluding hydrogens is 292 g/mol. The third-order valence-corrected chi connectivity index (χ3v) is 4.08. The van der Waals surface area contributed by atoms with E-state index < -0.39 is 0 Å². The molecule has 2 aromatic heterocycles. The normalized spacial score (nSPS) is 19.0. The van der Waals surface area contributed by atoms with Crippen molar-refractivity contribution >= 4 is 22.8 Å². The summed E-state index contributed by atoms with van der Waals surface area (Å²) >= 11 is 6.02. The first-order valence-electron chi connectivity index (χ1n) is 7.25. The van der Waals surface area contributed by atoms with Gasteiger partial charge in [0.25, 0.3) is 0 Å². The quantitative estimate of drug-likeness (QED) is 0.794. The highest BCUT2D eigenvalue weighted by Gasteiger charge is 2.18. The van der Waals surface area contributed by atoms with Gasteiger partial charge in [0, 0.05) is 13.2 Å². The zero-order valence-electron chi connectivity index (χ0n) is 12.1. The van der Waals surface area contributed by atoms with Crippen LogP contribution in [0, 0.1) is 0 Å². The predicted octanol–water partition coefficient (Wildman–Crippen LogP) is 2.53. The Morgan fingerprint density at radius 2 is 2.33 bits per heavy atom. The summed E-state index contributed by atoms with van der Waals surface area (Å²) in [5.41, 5.74) is 1.44. The molecule has 7 heteroatoms. The predicted molar refractivity (Wildman–Crippen MR) is 79.6 cm³/mol. The lowest BCUT2D eigenvalue weighted by molar-refractivity contribution is 0.00887. The summed E-state index contributed by atoms with van der Waals surface area (Å²) in [6.45, 7) is 1.66. The van der Waals surface area contributed by atoms with Gasteiger partial charge < -0.3 is 14.0 Å². The summed E-state index contributed by atoms with van der Waals surface area (Å²) in [6, 6.07) is 0. The van der Waals surface area contributed by atoms with E-state index in [1.165, 1.54) is 19.2 Å². The largest absolute Gasteiger partial charge is 0.479 e. The fraction of sp³-hybridized carbons (Fsp3) is 0.643. The van der Waals surface area contributed by atoms with Gasteiger partial charge in [0.15, 0.2) is 11.2 Å². The molecule has 1 saturated heterocycles. The summed E-state index contributed by atoms with van der Waals surface area (Å²) in [7, 11) is 1.58. The fourth-order valence-electron chi connectivity index (χ4n) is 2.76. The van der Waals surface area contributed by atoms with Crippen LogP contribution in [0.15, 0.2) is 6.33 Å². The maximum Gasteiger partial charge on any atom is 0.245 e. The van der Waals surface area contributed by atoms with Crippen LogP contribution in [0.1, 0.15) is 31.5 Å². The minimum Gasteiger partial charge on any atom is -0.479 e. The minimum absolute atomic E-state index is 0.322. The van der Waals surface area contributed by atoms with Gasteiger partial charge in [0.2, 0.25) is 5.88 Å². The Kier molecular flexibility index (Phi) is 4.55. The molecule has 0 aromatic carbocycles. The van der Waals surface area contributed by atoms with Crippen molar-refractivity contribution in [3.8, 4) is 5.88 Å². The molecule has 1 fully saturated rings. The second-order valence-corrected chi connectivity index (χ2v) is 5.41. The number of imidazole rings is 1. The van der Waals surface area contributed by atoms with E-state index >= 15 is 0 Å². The molecular formula is C14H19ClN4O2. The summed E-state index contributed by atoms with van der Waals surface area (Å²) in [6.07, 6.45) is 6.30. The van der Waals surface area contributed by atoms with Crippen molar-refractivity contribution in [1.29, 1.82) is 0 Å². The Balaban J connectivity index is 1.85. The van der Waals surface area contributed by atoms with Gasteiger partial charge in [0.05, 0.1) is 19.1 Å². The van der Waals surface area contributed by atoms with Crippen LogP contribution >= 0.6 is 11.6 Å². The Morgan fingerprint density at radius 1 is 1.43 bits per heavy atom. The van der Waals surface area contributed by atoms with Crippen LogP contribution in [0.5, 0.6) is 5.88 Å². The highest BCUT2D eigenvalue weighted by Crippen LogP contribution is 2.24. The molecule has 0 amide bonds. The zero-order chi connectivity index (χ0) is 14.7. The van der Waals surface area contributed by atoms with E-state index in [1.54, 1.807) is 7.11 Å². The van der Waals surface area contributed by atoms with Crippen molar-refractivity contribution in [2.75, 3.05) is 13.7 Å². The highest BCUT2D eigenvalue weighted by molar-refractivity contribution is 6.16. The van der Waals surface area contributed by atoms with Crippen molar-refractivity contribution in [1.82, 2.24) is 19.5 Å². The third-order valence-electron chi connectivity index (χ3n) is 3.84. The van der Waals surface area contributed by atoms with Crippen LogP contribution in [0.2, 0.25) is 0 Å². The number of halogens is 1. The van der Waals surface area contributed by atoms with E-state index in [-0.39, 0.29) is 0 Å². The van der Waals surface area contributed by atoms with E-state index in [4.69, 9.17) is 21.1 Å². The standard InChI is InChI=1S/C14H19ClN4O2/c1-20-14-12-13(16-9-17-14)19(11(8-15)18-12)6-5-10-4-2-3-7-21-10/h9-10H,2-8H2,1H3. The van der Waals surface area contributed by atoms with Crippen LogP contribution in [0.4, 0.5) is 0 Å². The molecule has 0 N–H and O–H groups in total. The van der Waals surface area contributed by atoms with E-state index in [0.717, 1.165) is 37.5 Å². The molecule has 0 saturated carbocycles. The van der Waals surface area contributed by atoms with E-state index in [0.29, 0.717) is 23.4 Å². The molecule has 114 valence electrons. The third kappa shape index (κ3) is 2.96. The maximum absolute atomic E-state index is 6.02. The van der Waals surface area contributed by atoms with Crippen molar-refractivity contribution in [2.24, 2.45) is 0 Å². The van der Waals surface area contributed by atoms with Crippen LogP contribution in [-0.4, -0.2) is 39.3 Å². The molecule has 3 rings (SSSR count). The second-order valence-electron chi connectivity index (χ2n) is 5.15. The Labute approximate surface area is 128 Å². The molecule has 1 unspecified atom stereocenters. The lowest BCUT2D eigenvalue weighted by Gasteiger charge is -2.22. The monoisotopic (exact) mass is 310 g/mol. The molecule has 0 bridgehead atoms. The molecule has 6 nitrogen and oxygen atoms in total. The number of hydrogen-bond donors (Lipinski definition) is 0. The van der Waals surface area contributed by atoms with Crippen LogP contribution < -0.4 is 4.74 Å². The van der Waals surface area contributed by atoms with E-state index in [9.17, 15) is 0 Å². The zero-order valence-corrected chi connectivity index (χ0v) is 12.8. The van der Waals surface area contributed by atoms with Crippen molar-refractivity contribution in [2.45, 2.75) is 44.2 Å². The number of fused-ring (bicyclic) bond motifs is 1.